The van der Waals surface area contributed by atoms with Gasteiger partial charge in [-0.05, 0) is 109 Å². The standard InChI is InChI=1S/2C32H22/c2*1-3-7-23(8-4-1)11-13-25-15-17-27-20-22-30-26(14-12-24-9-5-2-6-10-24)16-18-28-19-21-29(25)31(27)32(28)30/h2*1-22H/b2*13-11+,14-12+. The zero-order chi connectivity index (χ0) is 42.7. The van der Waals surface area contributed by atoms with E-state index >= 15 is 0 Å². The molecule has 64 heavy (non-hydrogen) atoms. The highest BCUT2D eigenvalue weighted by Gasteiger charge is 2.13. The summed E-state index contributed by atoms with van der Waals surface area (Å²) in [6, 6.07) is 78.0. The Bertz CT molecular complexity index is 3170. The van der Waals surface area contributed by atoms with Gasteiger partial charge in [0.25, 0.3) is 0 Å². The maximum Gasteiger partial charge on any atom is -0.00206 e. The molecule has 0 saturated heterocycles. The van der Waals surface area contributed by atoms with Crippen LogP contribution in [-0.2, 0) is 0 Å². The Morgan fingerprint density at radius 2 is 0.375 bits per heavy atom. The van der Waals surface area contributed by atoms with Crippen LogP contribution in [0.3, 0.4) is 0 Å². The smallest absolute Gasteiger partial charge is 0.00206 e. The maximum absolute atomic E-state index is 2.27. The average molecular weight is 813 g/mol. The quantitative estimate of drug-likeness (QED) is 0.106. The van der Waals surface area contributed by atoms with Crippen LogP contribution in [-0.4, -0.2) is 0 Å². The molecule has 12 rings (SSSR count). The molecule has 0 radical (unpaired) electrons. The summed E-state index contributed by atoms with van der Waals surface area (Å²) in [5, 5.41) is 15.8. The van der Waals surface area contributed by atoms with Gasteiger partial charge in [0.05, 0.1) is 0 Å². The molecule has 300 valence electrons. The summed E-state index contributed by atoms with van der Waals surface area (Å²) in [6.45, 7) is 0. The lowest BCUT2D eigenvalue weighted by Gasteiger charge is -2.14. The van der Waals surface area contributed by atoms with Crippen molar-refractivity contribution in [1.82, 2.24) is 0 Å². The summed E-state index contributed by atoms with van der Waals surface area (Å²) >= 11 is 0. The fraction of sp³-hybridized carbons (Fsp3) is 0. The molecule has 0 bridgehead atoms. The summed E-state index contributed by atoms with van der Waals surface area (Å²) in [6.07, 6.45) is 17.7. The van der Waals surface area contributed by atoms with Crippen LogP contribution < -0.4 is 0 Å². The highest BCUT2D eigenvalue weighted by Crippen LogP contribution is 2.40. The van der Waals surface area contributed by atoms with E-state index in [1.807, 2.05) is 0 Å². The van der Waals surface area contributed by atoms with Crippen LogP contribution in [0.4, 0.5) is 0 Å². The SMILES string of the molecule is C(=C\c1ccc2ccc3c(/C=C/c4ccccc4)ccc4ccc1c2c43)/c1ccccc1.C(=C\c1ccc2ccc3c(/C=C/c4ccccc4)ccc4ccc1c2c43)/c1ccccc1. The van der Waals surface area contributed by atoms with E-state index < -0.39 is 0 Å². The first kappa shape index (κ1) is 38.6. The second-order valence-corrected chi connectivity index (χ2v) is 16.4. The molecule has 0 aliphatic carbocycles. The minimum absolute atomic E-state index is 1.21. The highest BCUT2D eigenvalue weighted by atomic mass is 14.2. The van der Waals surface area contributed by atoms with Crippen molar-refractivity contribution >= 4 is 113 Å². The Kier molecular flexibility index (Phi) is 10.4. The van der Waals surface area contributed by atoms with Crippen molar-refractivity contribution in [3.63, 3.8) is 0 Å². The minimum Gasteiger partial charge on any atom is -0.0622 e. The van der Waals surface area contributed by atoms with Crippen molar-refractivity contribution in [2.24, 2.45) is 0 Å². The van der Waals surface area contributed by atoms with E-state index in [1.54, 1.807) is 0 Å². The van der Waals surface area contributed by atoms with E-state index in [1.165, 1.54) is 109 Å². The van der Waals surface area contributed by atoms with Gasteiger partial charge >= 0.3 is 0 Å². The van der Waals surface area contributed by atoms with Crippen molar-refractivity contribution in [3.8, 4) is 0 Å². The van der Waals surface area contributed by atoms with Crippen LogP contribution in [0.2, 0.25) is 0 Å². The molecule has 0 heteroatoms. The van der Waals surface area contributed by atoms with Gasteiger partial charge in [0, 0.05) is 0 Å². The third-order valence-electron chi connectivity index (χ3n) is 12.5. The Morgan fingerprint density at radius 1 is 0.172 bits per heavy atom. The lowest BCUT2D eigenvalue weighted by Crippen LogP contribution is -1.88. The Labute approximate surface area is 374 Å². The minimum atomic E-state index is 1.21. The topological polar surface area (TPSA) is 0 Å². The highest BCUT2D eigenvalue weighted by molar-refractivity contribution is 6.27. The number of rotatable bonds is 8. The summed E-state index contributed by atoms with van der Waals surface area (Å²) in [5.74, 6) is 0. The maximum atomic E-state index is 2.27. The van der Waals surface area contributed by atoms with Gasteiger partial charge in [-0.15, -0.1) is 0 Å². The molecule has 0 fully saturated rings. The molecule has 12 aromatic rings. The van der Waals surface area contributed by atoms with E-state index in [0.29, 0.717) is 0 Å². The Balaban J connectivity index is 0.000000143. The van der Waals surface area contributed by atoms with Crippen LogP contribution in [0.5, 0.6) is 0 Å². The molecule has 0 aliphatic rings. The first-order valence-corrected chi connectivity index (χ1v) is 22.1. The average Bonchev–Trinajstić information content (AvgIpc) is 3.37. The first-order chi connectivity index (χ1) is 31.7. The number of hydrogen-bond donors (Lipinski definition) is 0. The van der Waals surface area contributed by atoms with E-state index in [9.17, 15) is 0 Å². The van der Waals surface area contributed by atoms with Crippen LogP contribution in [0.1, 0.15) is 44.5 Å². The molecule has 0 aliphatic heterocycles. The Morgan fingerprint density at radius 3 is 0.594 bits per heavy atom. The van der Waals surface area contributed by atoms with Gasteiger partial charge in [0.1, 0.15) is 0 Å². The zero-order valence-corrected chi connectivity index (χ0v) is 35.4. The van der Waals surface area contributed by atoms with Crippen molar-refractivity contribution in [1.29, 1.82) is 0 Å². The summed E-state index contributed by atoms with van der Waals surface area (Å²) in [7, 11) is 0. The van der Waals surface area contributed by atoms with Crippen molar-refractivity contribution in [3.05, 3.63) is 263 Å². The van der Waals surface area contributed by atoms with Crippen LogP contribution in [0.15, 0.2) is 218 Å². The molecule has 0 heterocycles. The molecular formula is C64H44. The molecule has 0 nitrogen and oxygen atoms in total. The van der Waals surface area contributed by atoms with E-state index in [0.717, 1.165) is 0 Å². The van der Waals surface area contributed by atoms with Crippen LogP contribution >= 0.6 is 0 Å². The Hall–Kier alpha value is -8.32. The van der Waals surface area contributed by atoms with Gasteiger partial charge in [-0.25, -0.2) is 0 Å². The molecule has 0 amide bonds. The fourth-order valence-corrected chi connectivity index (χ4v) is 9.27. The monoisotopic (exact) mass is 812 g/mol. The zero-order valence-electron chi connectivity index (χ0n) is 35.4. The van der Waals surface area contributed by atoms with E-state index in [4.69, 9.17) is 0 Å². The van der Waals surface area contributed by atoms with Crippen molar-refractivity contribution in [2.45, 2.75) is 0 Å². The van der Waals surface area contributed by atoms with Crippen LogP contribution in [0, 0.1) is 0 Å². The van der Waals surface area contributed by atoms with Gasteiger partial charge in [-0.1, -0.05) is 267 Å². The molecule has 0 saturated carbocycles. The number of benzene rings is 12. The van der Waals surface area contributed by atoms with E-state index in [2.05, 4.69) is 267 Å². The summed E-state index contributed by atoms with van der Waals surface area (Å²) < 4.78 is 0. The second-order valence-electron chi connectivity index (χ2n) is 16.4. The number of hydrogen-bond acceptors (Lipinski definition) is 0. The van der Waals surface area contributed by atoms with Crippen molar-refractivity contribution < 1.29 is 0 Å². The van der Waals surface area contributed by atoms with Crippen LogP contribution in [0.25, 0.3) is 113 Å². The molecular weight excluding hydrogens is 769 g/mol. The van der Waals surface area contributed by atoms with Crippen molar-refractivity contribution in [2.75, 3.05) is 0 Å². The molecule has 0 unspecified atom stereocenters. The third kappa shape index (κ3) is 7.64. The second kappa shape index (κ2) is 17.2. The van der Waals surface area contributed by atoms with Gasteiger partial charge in [0.2, 0.25) is 0 Å². The van der Waals surface area contributed by atoms with Gasteiger partial charge in [0.15, 0.2) is 0 Å². The van der Waals surface area contributed by atoms with E-state index in [-0.39, 0.29) is 0 Å². The summed E-state index contributed by atoms with van der Waals surface area (Å²) in [4.78, 5) is 0. The molecule has 0 N–H and O–H groups in total. The lowest BCUT2D eigenvalue weighted by atomic mass is 9.89. The molecule has 12 aromatic carbocycles. The largest absolute Gasteiger partial charge is 0.0622 e. The first-order valence-electron chi connectivity index (χ1n) is 22.1. The normalized spacial score (nSPS) is 12.1. The van der Waals surface area contributed by atoms with Gasteiger partial charge in [-0.3, -0.25) is 0 Å². The fourth-order valence-electron chi connectivity index (χ4n) is 9.27. The molecule has 0 atom stereocenters. The predicted molar refractivity (Wildman–Crippen MR) is 282 cm³/mol. The predicted octanol–water partition coefficient (Wildman–Crippen LogP) is 17.8. The molecule has 0 spiro atoms. The lowest BCUT2D eigenvalue weighted by molar-refractivity contribution is 1.66. The summed E-state index contributed by atoms with van der Waals surface area (Å²) in [5.41, 5.74) is 9.86. The molecule has 0 aromatic heterocycles. The third-order valence-corrected chi connectivity index (χ3v) is 12.5. The van der Waals surface area contributed by atoms with Gasteiger partial charge < -0.3 is 0 Å². The van der Waals surface area contributed by atoms with Gasteiger partial charge in [-0.2, -0.15) is 0 Å².